The van der Waals surface area contributed by atoms with E-state index in [0.717, 1.165) is 15.3 Å². The lowest BCUT2D eigenvalue weighted by Crippen LogP contribution is -2.30. The van der Waals surface area contributed by atoms with Gasteiger partial charge in [-0.05, 0) is 24.3 Å². The van der Waals surface area contributed by atoms with Gasteiger partial charge in [0.05, 0.1) is 36.2 Å². The van der Waals surface area contributed by atoms with E-state index in [1.54, 1.807) is 43.4 Å². The Kier molecular flexibility index (Phi) is 5.49. The molecule has 6 nitrogen and oxygen atoms in total. The number of nitrogens with zero attached hydrogens (tertiary/aromatic N) is 2. The number of hydrogen-bond donors (Lipinski definition) is 1. The quantitative estimate of drug-likeness (QED) is 0.687. The van der Waals surface area contributed by atoms with Crippen molar-refractivity contribution in [2.24, 2.45) is 0 Å². The molecule has 1 N–H and O–H groups in total. The Morgan fingerprint density at radius 1 is 1.27 bits per heavy atom. The van der Waals surface area contributed by atoms with E-state index in [2.05, 4.69) is 10.3 Å². The summed E-state index contributed by atoms with van der Waals surface area (Å²) in [6.45, 7) is 0.145. The summed E-state index contributed by atoms with van der Waals surface area (Å²) in [5.74, 6) is 1.01. The summed E-state index contributed by atoms with van der Waals surface area (Å²) in [7, 11) is 4.93. The van der Waals surface area contributed by atoms with Gasteiger partial charge in [-0.25, -0.2) is 4.98 Å². The zero-order valence-corrected chi connectivity index (χ0v) is 16.1. The lowest BCUT2D eigenvalue weighted by atomic mass is 10.2. The number of rotatable bonds is 6. The molecule has 2 aromatic carbocycles. The minimum atomic E-state index is -0.179. The fraction of sp³-hybridized carbons (Fsp3) is 0.222. The van der Waals surface area contributed by atoms with Gasteiger partial charge in [-0.15, -0.1) is 0 Å². The molecule has 0 aliphatic carbocycles. The number of nitrogens with one attached hydrogen (secondary N) is 1. The van der Waals surface area contributed by atoms with Gasteiger partial charge in [-0.3, -0.25) is 4.79 Å². The number of thiazole rings is 1. The number of aromatic nitrogens is 1. The Balaban J connectivity index is 1.72. The van der Waals surface area contributed by atoms with Gasteiger partial charge in [-0.1, -0.05) is 29.0 Å². The second-order valence-corrected chi connectivity index (χ2v) is 6.97. The van der Waals surface area contributed by atoms with E-state index in [0.29, 0.717) is 22.2 Å². The number of halogens is 1. The highest BCUT2D eigenvalue weighted by Crippen LogP contribution is 2.32. The highest BCUT2D eigenvalue weighted by Gasteiger charge is 2.15. The maximum Gasteiger partial charge on any atom is 0.244 e. The fourth-order valence-corrected chi connectivity index (χ4v) is 3.67. The monoisotopic (exact) mass is 391 g/mol. The van der Waals surface area contributed by atoms with Crippen LogP contribution in [0.15, 0.2) is 36.4 Å². The molecular formula is C18H18ClN3O3S. The number of hydrogen-bond acceptors (Lipinski definition) is 6. The molecule has 0 radical (unpaired) electrons. The molecule has 1 amide bonds. The third-order valence-corrected chi connectivity index (χ3v) is 5.19. The summed E-state index contributed by atoms with van der Waals surface area (Å²) < 4.78 is 11.4. The molecule has 1 heterocycles. The van der Waals surface area contributed by atoms with Crippen LogP contribution in [0.25, 0.3) is 10.2 Å². The van der Waals surface area contributed by atoms with Crippen molar-refractivity contribution in [3.63, 3.8) is 0 Å². The molecule has 136 valence electrons. The second kappa shape index (κ2) is 7.80. The van der Waals surface area contributed by atoms with Crippen LogP contribution in [0.4, 0.5) is 10.8 Å². The Morgan fingerprint density at radius 2 is 2.08 bits per heavy atom. The first-order valence-corrected chi connectivity index (χ1v) is 8.99. The summed E-state index contributed by atoms with van der Waals surface area (Å²) in [6.07, 6.45) is 0. The third kappa shape index (κ3) is 3.84. The predicted octanol–water partition coefficient (Wildman–Crippen LogP) is 4.04. The van der Waals surface area contributed by atoms with Crippen LogP contribution in [0.3, 0.4) is 0 Å². The van der Waals surface area contributed by atoms with Crippen molar-refractivity contribution in [3.8, 4) is 11.5 Å². The molecule has 0 aliphatic rings. The standard InChI is InChI=1S/C18H18ClN3O3S/c1-22(18-21-17-12(19)5-4-6-15(17)26-18)10-16(23)20-13-8-7-11(24-2)9-14(13)25-3/h4-9H,10H2,1-3H3,(H,20,23). The maximum absolute atomic E-state index is 12.4. The molecule has 0 spiro atoms. The number of carbonyl (C=O) groups is 1. The van der Waals surface area contributed by atoms with E-state index in [1.165, 1.54) is 11.3 Å². The van der Waals surface area contributed by atoms with Gasteiger partial charge in [0.2, 0.25) is 5.91 Å². The average Bonchev–Trinajstić information content (AvgIpc) is 3.08. The van der Waals surface area contributed by atoms with Crippen LogP contribution in [-0.2, 0) is 4.79 Å². The molecule has 3 aromatic rings. The molecule has 8 heteroatoms. The van der Waals surface area contributed by atoms with E-state index < -0.39 is 0 Å². The molecule has 26 heavy (non-hydrogen) atoms. The zero-order chi connectivity index (χ0) is 18.7. The Labute approximate surface area is 160 Å². The fourth-order valence-electron chi connectivity index (χ4n) is 2.44. The van der Waals surface area contributed by atoms with Crippen molar-refractivity contribution in [2.75, 3.05) is 38.0 Å². The van der Waals surface area contributed by atoms with Crippen molar-refractivity contribution in [1.82, 2.24) is 4.98 Å². The van der Waals surface area contributed by atoms with Crippen LogP contribution >= 0.6 is 22.9 Å². The first kappa shape index (κ1) is 18.3. The number of ether oxygens (including phenoxy) is 2. The van der Waals surface area contributed by atoms with E-state index >= 15 is 0 Å². The molecule has 0 aliphatic heterocycles. The largest absolute Gasteiger partial charge is 0.497 e. The number of para-hydroxylation sites is 1. The highest BCUT2D eigenvalue weighted by atomic mass is 35.5. The predicted molar refractivity (Wildman–Crippen MR) is 106 cm³/mol. The lowest BCUT2D eigenvalue weighted by molar-refractivity contribution is -0.114. The SMILES string of the molecule is COc1ccc(NC(=O)CN(C)c2nc3c(Cl)cccc3s2)c(OC)c1. The number of anilines is 2. The summed E-state index contributed by atoms with van der Waals surface area (Å²) in [5, 5.41) is 4.18. The molecule has 0 unspecified atom stereocenters. The van der Waals surface area contributed by atoms with Crippen molar-refractivity contribution < 1.29 is 14.3 Å². The van der Waals surface area contributed by atoms with Crippen LogP contribution in [0.1, 0.15) is 0 Å². The van der Waals surface area contributed by atoms with Crippen LogP contribution in [-0.4, -0.2) is 38.7 Å². The Bertz CT molecular complexity index is 945. The van der Waals surface area contributed by atoms with Gasteiger partial charge >= 0.3 is 0 Å². The lowest BCUT2D eigenvalue weighted by Gasteiger charge is -2.16. The smallest absolute Gasteiger partial charge is 0.244 e. The topological polar surface area (TPSA) is 63.7 Å². The van der Waals surface area contributed by atoms with E-state index in [4.69, 9.17) is 21.1 Å². The first-order valence-electron chi connectivity index (χ1n) is 7.80. The normalized spacial score (nSPS) is 10.6. The van der Waals surface area contributed by atoms with Gasteiger partial charge in [0, 0.05) is 13.1 Å². The summed E-state index contributed by atoms with van der Waals surface area (Å²) >= 11 is 7.66. The van der Waals surface area contributed by atoms with Crippen LogP contribution in [0, 0.1) is 0 Å². The molecule has 0 saturated heterocycles. The van der Waals surface area contributed by atoms with E-state index in [9.17, 15) is 4.79 Å². The molecule has 0 saturated carbocycles. The van der Waals surface area contributed by atoms with E-state index in [-0.39, 0.29) is 12.5 Å². The van der Waals surface area contributed by atoms with Gasteiger partial charge < -0.3 is 19.7 Å². The molecule has 0 atom stereocenters. The summed E-state index contributed by atoms with van der Waals surface area (Å²) in [6, 6.07) is 10.9. The van der Waals surface area contributed by atoms with Crippen LogP contribution in [0.2, 0.25) is 5.02 Å². The number of fused-ring (bicyclic) bond motifs is 1. The summed E-state index contributed by atoms with van der Waals surface area (Å²) in [4.78, 5) is 18.7. The first-order chi connectivity index (χ1) is 12.5. The van der Waals surface area contributed by atoms with E-state index in [1.807, 2.05) is 19.2 Å². The minimum Gasteiger partial charge on any atom is -0.497 e. The van der Waals surface area contributed by atoms with Gasteiger partial charge in [-0.2, -0.15) is 0 Å². The van der Waals surface area contributed by atoms with Crippen LogP contribution < -0.4 is 19.7 Å². The van der Waals surface area contributed by atoms with Gasteiger partial charge in [0.1, 0.15) is 17.0 Å². The maximum atomic E-state index is 12.4. The number of likely N-dealkylation sites (N-methyl/N-ethyl adjacent to an activating group) is 1. The van der Waals surface area contributed by atoms with Crippen LogP contribution in [0.5, 0.6) is 11.5 Å². The molecule has 0 bridgehead atoms. The molecular weight excluding hydrogens is 374 g/mol. The number of benzene rings is 2. The number of amides is 1. The van der Waals surface area contributed by atoms with Crippen molar-refractivity contribution in [2.45, 2.75) is 0 Å². The van der Waals surface area contributed by atoms with Gasteiger partial charge in [0.25, 0.3) is 0 Å². The number of carbonyl (C=O) groups excluding carboxylic acids is 1. The average molecular weight is 392 g/mol. The summed E-state index contributed by atoms with van der Waals surface area (Å²) in [5.41, 5.74) is 1.33. The van der Waals surface area contributed by atoms with Crippen molar-refractivity contribution in [3.05, 3.63) is 41.4 Å². The number of methoxy groups -OCH3 is 2. The zero-order valence-electron chi connectivity index (χ0n) is 14.6. The molecule has 1 aromatic heterocycles. The second-order valence-electron chi connectivity index (χ2n) is 5.55. The Hall–Kier alpha value is -2.51. The van der Waals surface area contributed by atoms with Crippen molar-refractivity contribution >= 4 is 49.9 Å². The third-order valence-electron chi connectivity index (χ3n) is 3.75. The molecule has 3 rings (SSSR count). The van der Waals surface area contributed by atoms with Crippen molar-refractivity contribution in [1.29, 1.82) is 0 Å². The molecule has 0 fully saturated rings. The Morgan fingerprint density at radius 3 is 2.77 bits per heavy atom. The highest BCUT2D eigenvalue weighted by molar-refractivity contribution is 7.22. The van der Waals surface area contributed by atoms with Gasteiger partial charge in [0.15, 0.2) is 5.13 Å². The minimum absolute atomic E-state index is 0.145.